The van der Waals surface area contributed by atoms with E-state index in [0.29, 0.717) is 0 Å². The van der Waals surface area contributed by atoms with Gasteiger partial charge < -0.3 is 0 Å². The second kappa shape index (κ2) is 2.06. The molecule has 2 nitrogen and oxygen atoms in total. The Morgan fingerprint density at radius 1 is 2.00 bits per heavy atom. The molecule has 0 fully saturated rings. The van der Waals surface area contributed by atoms with Gasteiger partial charge in [-0.1, -0.05) is 6.58 Å². The van der Waals surface area contributed by atoms with Crippen molar-refractivity contribution in [2.45, 2.75) is 0 Å². The third-order valence-corrected chi connectivity index (χ3v) is 0.540. The van der Waals surface area contributed by atoms with Crippen LogP contribution in [0, 0.1) is 0 Å². The molecule has 1 atom stereocenters. The maximum Gasteiger partial charge on any atom is 0.460 e. The van der Waals surface area contributed by atoms with Crippen LogP contribution in [0.4, 0.5) is 0 Å². The summed E-state index contributed by atoms with van der Waals surface area (Å²) < 4.78 is 9.62. The Morgan fingerprint density at radius 3 is 2.20 bits per heavy atom. The van der Waals surface area contributed by atoms with Crippen molar-refractivity contribution < 1.29 is 4.57 Å². The van der Waals surface area contributed by atoms with Gasteiger partial charge in [0, 0.05) is 0 Å². The normalized spacial score (nSPS) is 10.2. The van der Waals surface area contributed by atoms with Gasteiger partial charge in [-0.25, -0.2) is 0 Å². The van der Waals surface area contributed by atoms with E-state index in [2.05, 4.69) is 12.1 Å². The van der Waals surface area contributed by atoms with E-state index in [4.69, 9.17) is 0 Å². The summed E-state index contributed by atoms with van der Waals surface area (Å²) in [4.78, 5) is 0. The number of hydrogen-bond acceptors (Lipinski definition) is 1. The van der Waals surface area contributed by atoms with Gasteiger partial charge in [0.1, 0.15) is 0 Å². The molecule has 0 aliphatic rings. The molecular weight excluding hydrogens is 85.0 g/mol. The van der Waals surface area contributed by atoms with Crippen molar-refractivity contribution in [1.29, 1.82) is 0 Å². The zero-order valence-electron chi connectivity index (χ0n) is 2.72. The average Bonchev–Trinajstić information content (AvgIpc) is 1.38. The van der Waals surface area contributed by atoms with Crippen LogP contribution in [-0.2, 0) is 4.57 Å². The highest BCUT2D eigenvalue weighted by atomic mass is 31.1. The zero-order valence-corrected chi connectivity index (χ0v) is 3.61. The Labute approximate surface area is 31.5 Å². The van der Waals surface area contributed by atoms with Gasteiger partial charge in [-0.2, -0.15) is 0 Å². The minimum atomic E-state index is -1.58. The Balaban J connectivity index is 3.20. The minimum Gasteiger partial charge on any atom is -0.117 e. The molecule has 28 valence electrons. The van der Waals surface area contributed by atoms with E-state index in [9.17, 15) is 4.57 Å². The predicted molar refractivity (Wildman–Crippen MR) is 22.0 cm³/mol. The SMILES string of the molecule is C=C[P+](N)=O. The van der Waals surface area contributed by atoms with E-state index in [-0.39, 0.29) is 0 Å². The zero-order chi connectivity index (χ0) is 4.28. The lowest BCUT2D eigenvalue weighted by molar-refractivity contribution is 0.594. The van der Waals surface area contributed by atoms with Crippen molar-refractivity contribution in [3.05, 3.63) is 12.4 Å². The molecule has 5 heavy (non-hydrogen) atoms. The largest absolute Gasteiger partial charge is 0.460 e. The van der Waals surface area contributed by atoms with Gasteiger partial charge in [0.05, 0.1) is 0 Å². The highest BCUT2D eigenvalue weighted by Gasteiger charge is 1.90. The molecule has 0 saturated carbocycles. The molecule has 0 aromatic carbocycles. The summed E-state index contributed by atoms with van der Waals surface area (Å²) in [5.74, 6) is 1.20. The summed E-state index contributed by atoms with van der Waals surface area (Å²) in [6.45, 7) is 3.15. The summed E-state index contributed by atoms with van der Waals surface area (Å²) in [5.41, 5.74) is 4.68. The van der Waals surface area contributed by atoms with E-state index in [1.54, 1.807) is 0 Å². The number of rotatable bonds is 1. The van der Waals surface area contributed by atoms with Crippen LogP contribution in [0.5, 0.6) is 0 Å². The fourth-order valence-corrected chi connectivity index (χ4v) is 0. The van der Waals surface area contributed by atoms with Crippen molar-refractivity contribution in [1.82, 2.24) is 0 Å². The molecule has 0 radical (unpaired) electrons. The lowest BCUT2D eigenvalue weighted by Crippen LogP contribution is -1.66. The highest BCUT2D eigenvalue weighted by molar-refractivity contribution is 7.45. The molecule has 0 aromatic heterocycles. The third kappa shape index (κ3) is 3.80. The van der Waals surface area contributed by atoms with Crippen molar-refractivity contribution in [3.63, 3.8) is 0 Å². The molecule has 0 rings (SSSR count). The molecule has 3 heteroatoms. The first-order chi connectivity index (χ1) is 2.27. The van der Waals surface area contributed by atoms with E-state index < -0.39 is 7.95 Å². The van der Waals surface area contributed by atoms with Crippen LogP contribution in [0.1, 0.15) is 0 Å². The average molecular weight is 90.0 g/mol. The van der Waals surface area contributed by atoms with Gasteiger partial charge in [0.25, 0.3) is 0 Å². The van der Waals surface area contributed by atoms with Gasteiger partial charge in [-0.3, -0.25) is 0 Å². The van der Waals surface area contributed by atoms with Gasteiger partial charge in [0.15, 0.2) is 5.82 Å². The molecule has 0 aliphatic heterocycles. The van der Waals surface area contributed by atoms with Gasteiger partial charge in [0.2, 0.25) is 0 Å². The third-order valence-electron chi connectivity index (χ3n) is 0.180. The number of nitrogens with two attached hydrogens (primary N) is 1. The topological polar surface area (TPSA) is 43.1 Å². The maximum absolute atomic E-state index is 9.62. The Morgan fingerprint density at radius 2 is 2.20 bits per heavy atom. The van der Waals surface area contributed by atoms with E-state index >= 15 is 0 Å². The van der Waals surface area contributed by atoms with Crippen LogP contribution in [-0.4, -0.2) is 0 Å². The molecule has 2 N–H and O–H groups in total. The first kappa shape index (κ1) is 4.80. The van der Waals surface area contributed by atoms with Crippen LogP contribution in [0.3, 0.4) is 0 Å². The van der Waals surface area contributed by atoms with Crippen molar-refractivity contribution in [2.24, 2.45) is 5.50 Å². The molecule has 0 bridgehead atoms. The second-order valence-corrected chi connectivity index (χ2v) is 1.63. The quantitative estimate of drug-likeness (QED) is 0.484. The fraction of sp³-hybridized carbons (Fsp3) is 0. The summed E-state index contributed by atoms with van der Waals surface area (Å²) in [6, 6.07) is 0. The summed E-state index contributed by atoms with van der Waals surface area (Å²) in [5, 5.41) is 0. The summed E-state index contributed by atoms with van der Waals surface area (Å²) in [6.07, 6.45) is 0. The maximum atomic E-state index is 9.62. The van der Waals surface area contributed by atoms with Gasteiger partial charge >= 0.3 is 7.95 Å². The van der Waals surface area contributed by atoms with Crippen LogP contribution >= 0.6 is 7.95 Å². The molecule has 0 aliphatic carbocycles. The Hall–Kier alpha value is -0.200. The first-order valence-electron chi connectivity index (χ1n) is 1.11. The highest BCUT2D eigenvalue weighted by Crippen LogP contribution is 2.04. The van der Waals surface area contributed by atoms with Crippen LogP contribution in [0.15, 0.2) is 12.4 Å². The molecule has 0 heterocycles. The Bertz CT molecular complexity index is 60.7. The molecular formula is C2H5NOP+. The van der Waals surface area contributed by atoms with Crippen LogP contribution in [0.2, 0.25) is 0 Å². The smallest absolute Gasteiger partial charge is 0.117 e. The Kier molecular flexibility index (Phi) is 1.98. The lowest BCUT2D eigenvalue weighted by atomic mass is 11.3. The molecule has 0 spiro atoms. The second-order valence-electron chi connectivity index (χ2n) is 0.542. The van der Waals surface area contributed by atoms with E-state index in [1.807, 2.05) is 0 Å². The standard InChI is InChI=1S/C2H5NOP/c1-2-5(3)4/h2H,1H2,(H2,3,4)/q+1. The minimum absolute atomic E-state index is 1.20. The number of hydrogen-bond donors (Lipinski definition) is 1. The van der Waals surface area contributed by atoms with Gasteiger partial charge in [-0.05, 0) is 4.57 Å². The summed E-state index contributed by atoms with van der Waals surface area (Å²) in [7, 11) is -1.58. The van der Waals surface area contributed by atoms with E-state index in [0.717, 1.165) is 0 Å². The monoisotopic (exact) mass is 90.0 g/mol. The fourth-order valence-electron chi connectivity index (χ4n) is 0. The summed E-state index contributed by atoms with van der Waals surface area (Å²) >= 11 is 0. The lowest BCUT2D eigenvalue weighted by Gasteiger charge is -1.44. The van der Waals surface area contributed by atoms with Gasteiger partial charge in [-0.15, -0.1) is 5.50 Å². The molecule has 1 unspecified atom stereocenters. The van der Waals surface area contributed by atoms with Crippen molar-refractivity contribution in [2.75, 3.05) is 0 Å². The predicted octanol–water partition coefficient (Wildman–Crippen LogP) is 0.831. The molecule has 0 aromatic rings. The molecule has 0 amide bonds. The van der Waals surface area contributed by atoms with E-state index in [1.165, 1.54) is 5.82 Å². The molecule has 0 saturated heterocycles. The van der Waals surface area contributed by atoms with Crippen molar-refractivity contribution in [3.8, 4) is 0 Å². The van der Waals surface area contributed by atoms with Crippen LogP contribution in [0.25, 0.3) is 0 Å². The van der Waals surface area contributed by atoms with Crippen molar-refractivity contribution >= 4 is 7.95 Å². The first-order valence-corrected chi connectivity index (χ1v) is 2.51. The van der Waals surface area contributed by atoms with Crippen LogP contribution < -0.4 is 5.50 Å².